The highest BCUT2D eigenvalue weighted by molar-refractivity contribution is 5.94. The van der Waals surface area contributed by atoms with Crippen LogP contribution < -0.4 is 16.4 Å². The number of hydrogen-bond acceptors (Lipinski definition) is 3. The predicted molar refractivity (Wildman–Crippen MR) is 76.8 cm³/mol. The fourth-order valence-electron chi connectivity index (χ4n) is 1.79. The van der Waals surface area contributed by atoms with Crippen LogP contribution in [0.1, 0.15) is 20.8 Å². The molecule has 0 aliphatic rings. The number of hydrogen-bond donors (Lipinski definition) is 3. The first-order chi connectivity index (χ1) is 8.93. The fourth-order valence-corrected chi connectivity index (χ4v) is 1.79. The van der Waals surface area contributed by atoms with Gasteiger partial charge in [0.1, 0.15) is 0 Å². The third-order valence-corrected chi connectivity index (χ3v) is 2.85. The molecule has 104 valence electrons. The lowest BCUT2D eigenvalue weighted by atomic mass is 9.95. The molecular formula is C14H21N3O2. The van der Waals surface area contributed by atoms with Crippen LogP contribution in [0.25, 0.3) is 0 Å². The SMILES string of the molecule is CC(=O)Nc1cccc(NC(=O)C(CN)C(C)C)c1. The van der Waals surface area contributed by atoms with Crippen LogP contribution in [0, 0.1) is 11.8 Å². The van der Waals surface area contributed by atoms with E-state index in [1.807, 2.05) is 13.8 Å². The normalized spacial score (nSPS) is 12.1. The largest absolute Gasteiger partial charge is 0.330 e. The van der Waals surface area contributed by atoms with Crippen molar-refractivity contribution < 1.29 is 9.59 Å². The van der Waals surface area contributed by atoms with Crippen molar-refractivity contribution in [2.24, 2.45) is 17.6 Å². The van der Waals surface area contributed by atoms with Crippen molar-refractivity contribution in [1.82, 2.24) is 0 Å². The molecule has 0 saturated heterocycles. The van der Waals surface area contributed by atoms with Gasteiger partial charge in [0.2, 0.25) is 11.8 Å². The quantitative estimate of drug-likeness (QED) is 0.757. The minimum atomic E-state index is -0.218. The van der Waals surface area contributed by atoms with E-state index >= 15 is 0 Å². The Kier molecular flexibility index (Phi) is 5.51. The van der Waals surface area contributed by atoms with Gasteiger partial charge < -0.3 is 16.4 Å². The number of benzene rings is 1. The molecule has 0 bridgehead atoms. The summed E-state index contributed by atoms with van der Waals surface area (Å²) in [4.78, 5) is 23.0. The van der Waals surface area contributed by atoms with Gasteiger partial charge in [-0.15, -0.1) is 0 Å². The molecule has 5 heteroatoms. The van der Waals surface area contributed by atoms with Gasteiger partial charge in [-0.3, -0.25) is 9.59 Å². The molecule has 1 atom stereocenters. The first-order valence-corrected chi connectivity index (χ1v) is 6.32. The Bertz CT molecular complexity index is 458. The average Bonchev–Trinajstić information content (AvgIpc) is 2.28. The maximum absolute atomic E-state index is 12.0. The molecule has 0 radical (unpaired) electrons. The number of rotatable bonds is 5. The zero-order valence-electron chi connectivity index (χ0n) is 11.6. The summed E-state index contributed by atoms with van der Waals surface area (Å²) in [5, 5.41) is 5.49. The van der Waals surface area contributed by atoms with Crippen LogP contribution in [0.2, 0.25) is 0 Å². The summed E-state index contributed by atoms with van der Waals surface area (Å²) in [5.41, 5.74) is 6.91. The van der Waals surface area contributed by atoms with E-state index in [4.69, 9.17) is 5.73 Å². The lowest BCUT2D eigenvalue weighted by Crippen LogP contribution is -2.33. The van der Waals surface area contributed by atoms with Crippen LogP contribution in [0.15, 0.2) is 24.3 Å². The third-order valence-electron chi connectivity index (χ3n) is 2.85. The van der Waals surface area contributed by atoms with E-state index in [1.54, 1.807) is 24.3 Å². The van der Waals surface area contributed by atoms with Crippen molar-refractivity contribution in [1.29, 1.82) is 0 Å². The van der Waals surface area contributed by atoms with Gasteiger partial charge in [-0.05, 0) is 24.1 Å². The lowest BCUT2D eigenvalue weighted by Gasteiger charge is -2.18. The molecule has 4 N–H and O–H groups in total. The van der Waals surface area contributed by atoms with Crippen molar-refractivity contribution in [3.05, 3.63) is 24.3 Å². The van der Waals surface area contributed by atoms with E-state index in [0.717, 1.165) is 0 Å². The molecule has 0 fully saturated rings. The number of carbonyl (C=O) groups excluding carboxylic acids is 2. The Labute approximate surface area is 113 Å². The van der Waals surface area contributed by atoms with Gasteiger partial charge in [0.15, 0.2) is 0 Å². The highest BCUT2D eigenvalue weighted by Crippen LogP contribution is 2.17. The second-order valence-electron chi connectivity index (χ2n) is 4.84. The van der Waals surface area contributed by atoms with Crippen LogP contribution in [0.3, 0.4) is 0 Å². The molecule has 1 unspecified atom stereocenters. The zero-order valence-corrected chi connectivity index (χ0v) is 11.6. The van der Waals surface area contributed by atoms with Crippen LogP contribution >= 0.6 is 0 Å². The number of nitrogens with two attached hydrogens (primary N) is 1. The standard InChI is InChI=1S/C14H21N3O2/c1-9(2)13(8-15)14(19)17-12-6-4-5-11(7-12)16-10(3)18/h4-7,9,13H,8,15H2,1-3H3,(H,16,18)(H,17,19). The van der Waals surface area contributed by atoms with Gasteiger partial charge in [-0.2, -0.15) is 0 Å². The highest BCUT2D eigenvalue weighted by atomic mass is 16.2. The Hall–Kier alpha value is -1.88. The summed E-state index contributed by atoms with van der Waals surface area (Å²) in [6, 6.07) is 7.03. The summed E-state index contributed by atoms with van der Waals surface area (Å²) in [6.07, 6.45) is 0. The fraction of sp³-hybridized carbons (Fsp3) is 0.429. The predicted octanol–water partition coefficient (Wildman–Crippen LogP) is 1.81. The summed E-state index contributed by atoms with van der Waals surface area (Å²) in [6.45, 7) is 5.68. The van der Waals surface area contributed by atoms with Gasteiger partial charge in [-0.1, -0.05) is 19.9 Å². The van der Waals surface area contributed by atoms with Crippen molar-refractivity contribution in [2.75, 3.05) is 17.2 Å². The number of amides is 2. The van der Waals surface area contributed by atoms with E-state index in [2.05, 4.69) is 10.6 Å². The van der Waals surface area contributed by atoms with Crippen molar-refractivity contribution in [2.45, 2.75) is 20.8 Å². The van der Waals surface area contributed by atoms with Crippen LogP contribution in [-0.2, 0) is 9.59 Å². The maximum Gasteiger partial charge on any atom is 0.229 e. The average molecular weight is 263 g/mol. The van der Waals surface area contributed by atoms with Gasteiger partial charge in [0.25, 0.3) is 0 Å². The maximum atomic E-state index is 12.0. The summed E-state index contributed by atoms with van der Waals surface area (Å²) >= 11 is 0. The summed E-state index contributed by atoms with van der Waals surface area (Å²) < 4.78 is 0. The molecule has 19 heavy (non-hydrogen) atoms. The molecule has 1 aromatic carbocycles. The second kappa shape index (κ2) is 6.89. The molecule has 5 nitrogen and oxygen atoms in total. The molecule has 1 rings (SSSR count). The van der Waals surface area contributed by atoms with E-state index in [1.165, 1.54) is 6.92 Å². The van der Waals surface area contributed by atoms with Crippen LogP contribution in [-0.4, -0.2) is 18.4 Å². The Morgan fingerprint density at radius 1 is 1.21 bits per heavy atom. The molecule has 0 saturated carbocycles. The smallest absolute Gasteiger partial charge is 0.229 e. The van der Waals surface area contributed by atoms with Crippen molar-refractivity contribution in [3.63, 3.8) is 0 Å². The first kappa shape index (κ1) is 15.2. The van der Waals surface area contributed by atoms with E-state index in [0.29, 0.717) is 17.9 Å². The zero-order chi connectivity index (χ0) is 14.4. The Morgan fingerprint density at radius 2 is 1.79 bits per heavy atom. The minimum absolute atomic E-state index is 0.0996. The Balaban J connectivity index is 2.76. The molecule has 2 amide bonds. The number of carbonyl (C=O) groups is 2. The van der Waals surface area contributed by atoms with Gasteiger partial charge in [0, 0.05) is 24.8 Å². The van der Waals surface area contributed by atoms with Gasteiger partial charge in [-0.25, -0.2) is 0 Å². The van der Waals surface area contributed by atoms with E-state index in [9.17, 15) is 9.59 Å². The second-order valence-corrected chi connectivity index (χ2v) is 4.84. The Morgan fingerprint density at radius 3 is 2.26 bits per heavy atom. The molecule has 0 aliphatic carbocycles. The topological polar surface area (TPSA) is 84.2 Å². The first-order valence-electron chi connectivity index (χ1n) is 6.32. The summed E-state index contributed by atoms with van der Waals surface area (Å²) in [7, 11) is 0. The van der Waals surface area contributed by atoms with Crippen molar-refractivity contribution >= 4 is 23.2 Å². The molecular weight excluding hydrogens is 242 g/mol. The summed E-state index contributed by atoms with van der Waals surface area (Å²) in [5.74, 6) is -0.282. The number of anilines is 2. The third kappa shape index (κ3) is 4.71. The monoisotopic (exact) mass is 263 g/mol. The van der Waals surface area contributed by atoms with E-state index in [-0.39, 0.29) is 23.7 Å². The molecule has 0 aliphatic heterocycles. The van der Waals surface area contributed by atoms with Crippen molar-refractivity contribution in [3.8, 4) is 0 Å². The molecule has 0 aromatic heterocycles. The van der Waals surface area contributed by atoms with Crippen LogP contribution in [0.4, 0.5) is 11.4 Å². The number of nitrogens with one attached hydrogen (secondary N) is 2. The van der Waals surface area contributed by atoms with Gasteiger partial charge >= 0.3 is 0 Å². The molecule has 0 spiro atoms. The lowest BCUT2D eigenvalue weighted by molar-refractivity contribution is -0.120. The van der Waals surface area contributed by atoms with E-state index < -0.39 is 0 Å². The molecule has 1 aromatic rings. The highest BCUT2D eigenvalue weighted by Gasteiger charge is 2.20. The minimum Gasteiger partial charge on any atom is -0.330 e. The van der Waals surface area contributed by atoms with Gasteiger partial charge in [0.05, 0.1) is 5.92 Å². The van der Waals surface area contributed by atoms with Crippen LogP contribution in [0.5, 0.6) is 0 Å². The molecule has 0 heterocycles.